The van der Waals surface area contributed by atoms with Crippen molar-refractivity contribution in [3.05, 3.63) is 113 Å². The molecular formula is C30H34F2N4O2. The smallest absolute Gasteiger partial charge is 0.387 e. The lowest BCUT2D eigenvalue weighted by Gasteiger charge is -2.33. The standard InChI is InChI=1S/C30H34F2N4O2/c1-8-23(11-10-19(3)38-30(31)32)24-14-25-17-36(13-12-28(25)33-16-24)22(6)20(4)21(5)29-34-26(9-2)15-27(35-29)18-37-7/h8,10-11,14-16,30H,2-3,6,12-13,17-18H2,1,4-5,7H3,(H,34,35)/b11-10-,21-20-,23-8+. The average Bonchev–Trinajstić information content (AvgIpc) is 2.91. The van der Waals surface area contributed by atoms with E-state index in [1.165, 1.54) is 6.08 Å². The normalized spacial score (nSPS) is 16.3. The van der Waals surface area contributed by atoms with Crippen molar-refractivity contribution in [3.8, 4) is 0 Å². The lowest BCUT2D eigenvalue weighted by molar-refractivity contribution is -0.0915. The molecule has 0 bridgehead atoms. The van der Waals surface area contributed by atoms with Crippen molar-refractivity contribution in [2.24, 2.45) is 4.99 Å². The molecule has 6 nitrogen and oxygen atoms in total. The SMILES string of the molecule is C=C=C1C=C(COC)N=C(/C(C)=C(/C)C(=C)N2CCc3ncc(C(/C=C\C(=C)OC(F)F)=C/C)cc3C2)N1. The highest BCUT2D eigenvalue weighted by Gasteiger charge is 2.22. The molecule has 1 N–H and O–H groups in total. The van der Waals surface area contributed by atoms with E-state index in [0.717, 1.165) is 63.6 Å². The first kappa shape index (κ1) is 28.6. The van der Waals surface area contributed by atoms with E-state index in [2.05, 4.69) is 51.5 Å². The number of nitrogens with zero attached hydrogens (tertiary/aromatic N) is 3. The van der Waals surface area contributed by atoms with Gasteiger partial charge >= 0.3 is 6.61 Å². The van der Waals surface area contributed by atoms with Gasteiger partial charge in [0.15, 0.2) is 0 Å². The Bertz CT molecular complexity index is 1310. The van der Waals surface area contributed by atoms with Crippen LogP contribution >= 0.6 is 0 Å². The van der Waals surface area contributed by atoms with Crippen molar-refractivity contribution >= 4 is 11.4 Å². The van der Waals surface area contributed by atoms with Crippen molar-refractivity contribution in [1.82, 2.24) is 15.2 Å². The Balaban J connectivity index is 1.81. The van der Waals surface area contributed by atoms with Gasteiger partial charge in [0.2, 0.25) is 0 Å². The molecule has 0 amide bonds. The minimum absolute atomic E-state index is 0.108. The summed E-state index contributed by atoms with van der Waals surface area (Å²) >= 11 is 0. The maximum atomic E-state index is 12.4. The van der Waals surface area contributed by atoms with Crippen LogP contribution in [0.5, 0.6) is 0 Å². The number of aromatic nitrogens is 1. The molecule has 0 aromatic carbocycles. The molecule has 2 aliphatic rings. The van der Waals surface area contributed by atoms with Crippen molar-refractivity contribution in [1.29, 1.82) is 0 Å². The second kappa shape index (κ2) is 13.0. The van der Waals surface area contributed by atoms with Crippen molar-refractivity contribution in [2.75, 3.05) is 20.3 Å². The topological polar surface area (TPSA) is 59.0 Å². The molecule has 8 heteroatoms. The Kier molecular flexibility index (Phi) is 9.77. The largest absolute Gasteiger partial charge is 0.435 e. The summed E-state index contributed by atoms with van der Waals surface area (Å²) in [6, 6.07) is 2.08. The van der Waals surface area contributed by atoms with Gasteiger partial charge < -0.3 is 19.7 Å². The van der Waals surface area contributed by atoms with Crippen LogP contribution in [0.25, 0.3) is 5.57 Å². The third kappa shape index (κ3) is 7.06. The van der Waals surface area contributed by atoms with Gasteiger partial charge in [0.1, 0.15) is 11.6 Å². The zero-order valence-electron chi connectivity index (χ0n) is 22.4. The molecule has 0 unspecified atom stereocenters. The van der Waals surface area contributed by atoms with E-state index >= 15 is 0 Å². The lowest BCUT2D eigenvalue weighted by atomic mass is 9.98. The van der Waals surface area contributed by atoms with Crippen molar-refractivity contribution < 1.29 is 18.3 Å². The van der Waals surface area contributed by atoms with Gasteiger partial charge in [0, 0.05) is 49.8 Å². The molecular weight excluding hydrogens is 486 g/mol. The first-order valence-corrected chi connectivity index (χ1v) is 12.2. The van der Waals surface area contributed by atoms with E-state index in [1.54, 1.807) is 19.4 Å². The number of nitrogens with one attached hydrogen (secondary N) is 1. The first-order chi connectivity index (χ1) is 18.2. The van der Waals surface area contributed by atoms with Gasteiger partial charge in [-0.15, -0.1) is 5.73 Å². The summed E-state index contributed by atoms with van der Waals surface area (Å²) in [5.41, 5.74) is 11.1. The van der Waals surface area contributed by atoms with Gasteiger partial charge in [-0.1, -0.05) is 31.9 Å². The fraction of sp³-hybridized carbons (Fsp3) is 0.300. The molecule has 0 aliphatic carbocycles. The van der Waals surface area contributed by atoms with Crippen LogP contribution in [-0.4, -0.2) is 42.6 Å². The quantitative estimate of drug-likeness (QED) is 0.226. The van der Waals surface area contributed by atoms with E-state index in [4.69, 9.17) is 9.73 Å². The number of rotatable bonds is 10. The zero-order chi connectivity index (χ0) is 27.8. The molecule has 38 heavy (non-hydrogen) atoms. The van der Waals surface area contributed by atoms with Crippen LogP contribution in [0.4, 0.5) is 8.78 Å². The number of hydrogen-bond donors (Lipinski definition) is 1. The Morgan fingerprint density at radius 3 is 2.71 bits per heavy atom. The summed E-state index contributed by atoms with van der Waals surface area (Å²) in [4.78, 5) is 11.6. The minimum atomic E-state index is -2.91. The molecule has 1 aromatic heterocycles. The maximum absolute atomic E-state index is 12.4. The highest BCUT2D eigenvalue weighted by Crippen LogP contribution is 2.28. The summed E-state index contributed by atoms with van der Waals surface area (Å²) in [5.74, 6) is 0.607. The van der Waals surface area contributed by atoms with E-state index in [1.807, 2.05) is 32.9 Å². The van der Waals surface area contributed by atoms with Gasteiger partial charge in [-0.05, 0) is 61.3 Å². The Labute approximate surface area is 223 Å². The van der Waals surface area contributed by atoms with Gasteiger partial charge in [-0.3, -0.25) is 4.98 Å². The molecule has 0 spiro atoms. The van der Waals surface area contributed by atoms with Crippen LogP contribution in [0.3, 0.4) is 0 Å². The predicted octanol–water partition coefficient (Wildman–Crippen LogP) is 6.20. The number of amidine groups is 1. The molecule has 0 saturated carbocycles. The van der Waals surface area contributed by atoms with Crippen LogP contribution < -0.4 is 5.32 Å². The molecule has 1 aromatic rings. The fourth-order valence-corrected chi connectivity index (χ4v) is 4.17. The molecule has 0 fully saturated rings. The number of alkyl halides is 2. The minimum Gasteiger partial charge on any atom is -0.435 e. The van der Waals surface area contributed by atoms with Gasteiger partial charge in [0.25, 0.3) is 0 Å². The van der Waals surface area contributed by atoms with Gasteiger partial charge in [-0.2, -0.15) is 8.78 Å². The number of allylic oxidation sites excluding steroid dienone is 6. The first-order valence-electron chi connectivity index (χ1n) is 12.2. The highest BCUT2D eigenvalue weighted by atomic mass is 19.3. The third-order valence-electron chi connectivity index (χ3n) is 6.41. The van der Waals surface area contributed by atoms with Crippen LogP contribution in [0, 0.1) is 0 Å². The van der Waals surface area contributed by atoms with Crippen molar-refractivity contribution in [3.63, 3.8) is 0 Å². The molecule has 0 radical (unpaired) electrons. The van der Waals surface area contributed by atoms with E-state index in [0.29, 0.717) is 19.0 Å². The van der Waals surface area contributed by atoms with Crippen LogP contribution in [0.2, 0.25) is 0 Å². The lowest BCUT2D eigenvalue weighted by Crippen LogP contribution is -2.32. The second-order valence-corrected chi connectivity index (χ2v) is 8.86. The van der Waals surface area contributed by atoms with Crippen LogP contribution in [-0.2, 0) is 22.4 Å². The molecule has 200 valence electrons. The van der Waals surface area contributed by atoms with Gasteiger partial charge in [0.05, 0.1) is 18.0 Å². The Hall–Kier alpha value is -4.00. The van der Waals surface area contributed by atoms with E-state index in [9.17, 15) is 8.78 Å². The Morgan fingerprint density at radius 2 is 2.05 bits per heavy atom. The molecule has 3 rings (SSSR count). The Morgan fingerprint density at radius 1 is 1.29 bits per heavy atom. The average molecular weight is 521 g/mol. The summed E-state index contributed by atoms with van der Waals surface area (Å²) in [5, 5.41) is 3.27. The molecule has 2 aliphatic heterocycles. The van der Waals surface area contributed by atoms with E-state index < -0.39 is 6.61 Å². The summed E-state index contributed by atoms with van der Waals surface area (Å²) in [7, 11) is 1.63. The van der Waals surface area contributed by atoms with Crippen LogP contribution in [0.15, 0.2) is 101 Å². The number of halogens is 2. The maximum Gasteiger partial charge on any atom is 0.387 e. The van der Waals surface area contributed by atoms with Gasteiger partial charge in [-0.25, -0.2) is 4.99 Å². The zero-order valence-corrected chi connectivity index (χ0v) is 22.4. The summed E-state index contributed by atoms with van der Waals surface area (Å²) < 4.78 is 34.4. The number of fused-ring (bicyclic) bond motifs is 1. The number of aliphatic imine (C=N–C) groups is 1. The highest BCUT2D eigenvalue weighted by molar-refractivity contribution is 6.01. The van der Waals surface area contributed by atoms with Crippen LogP contribution in [0.1, 0.15) is 37.6 Å². The third-order valence-corrected chi connectivity index (χ3v) is 6.41. The molecule has 3 heterocycles. The number of ether oxygens (including phenoxy) is 2. The predicted molar refractivity (Wildman–Crippen MR) is 148 cm³/mol. The van der Waals surface area contributed by atoms with E-state index in [-0.39, 0.29) is 5.76 Å². The summed E-state index contributed by atoms with van der Waals surface area (Å²) in [6.07, 6.45) is 9.46. The van der Waals surface area contributed by atoms with Crippen molar-refractivity contribution in [2.45, 2.75) is 40.3 Å². The molecule has 0 atom stereocenters. The number of hydrogen-bond acceptors (Lipinski definition) is 6. The fourth-order valence-electron chi connectivity index (χ4n) is 4.17. The summed E-state index contributed by atoms with van der Waals surface area (Å²) in [6.45, 7) is 16.5. The number of methoxy groups -OCH3 is 1. The molecule has 0 saturated heterocycles. The number of pyridine rings is 1. The monoisotopic (exact) mass is 520 g/mol. The second-order valence-electron chi connectivity index (χ2n) is 8.86.